The van der Waals surface area contributed by atoms with E-state index in [-0.39, 0.29) is 38.1 Å². The Labute approximate surface area is 109 Å². The highest BCUT2D eigenvalue weighted by Gasteiger charge is 2.42. The molecule has 0 radical (unpaired) electrons. The summed E-state index contributed by atoms with van der Waals surface area (Å²) < 4.78 is 41.9. The molecule has 0 spiro atoms. The molecule has 0 aromatic carbocycles. The molecule has 0 aromatic heterocycles. The number of amides is 1. The lowest BCUT2D eigenvalue weighted by Gasteiger charge is -2.31. The van der Waals surface area contributed by atoms with Crippen LogP contribution in [0.25, 0.3) is 0 Å². The van der Waals surface area contributed by atoms with E-state index in [1.165, 1.54) is 19.1 Å². The van der Waals surface area contributed by atoms with Crippen molar-refractivity contribution in [1.29, 1.82) is 0 Å². The molecule has 0 unspecified atom stereocenters. The Morgan fingerprint density at radius 3 is 2.16 bits per heavy atom. The van der Waals surface area contributed by atoms with Crippen LogP contribution in [0.3, 0.4) is 0 Å². The van der Waals surface area contributed by atoms with Crippen LogP contribution in [0.15, 0.2) is 0 Å². The molecular formula is C12H18F3NO3. The van der Waals surface area contributed by atoms with Crippen molar-refractivity contribution in [2.24, 2.45) is 11.8 Å². The van der Waals surface area contributed by atoms with Gasteiger partial charge < -0.3 is 9.64 Å². The maximum atomic E-state index is 12.5. The van der Waals surface area contributed by atoms with Crippen molar-refractivity contribution in [1.82, 2.24) is 4.90 Å². The number of halogens is 3. The standard InChI is InChI=1S/C12H18F3NO3/c1-16(7-10(17)19-2)11(18)8-3-5-9(6-4-8)12(13,14)15/h8-9H,3-7H2,1-2H3. The van der Waals surface area contributed by atoms with Crippen molar-refractivity contribution in [2.45, 2.75) is 31.9 Å². The van der Waals surface area contributed by atoms with Crippen molar-refractivity contribution >= 4 is 11.9 Å². The van der Waals surface area contributed by atoms with Crippen molar-refractivity contribution in [2.75, 3.05) is 20.7 Å². The Kier molecular flexibility index (Phi) is 5.20. The minimum atomic E-state index is -4.17. The largest absolute Gasteiger partial charge is 0.468 e. The van der Waals surface area contributed by atoms with Gasteiger partial charge in [0.25, 0.3) is 0 Å². The molecule has 0 bridgehead atoms. The van der Waals surface area contributed by atoms with E-state index in [4.69, 9.17) is 0 Å². The average molecular weight is 281 g/mol. The van der Waals surface area contributed by atoms with Crippen molar-refractivity contribution in [3.63, 3.8) is 0 Å². The molecular weight excluding hydrogens is 263 g/mol. The van der Waals surface area contributed by atoms with Crippen LogP contribution in [0.1, 0.15) is 25.7 Å². The Bertz CT molecular complexity index is 336. The zero-order valence-electron chi connectivity index (χ0n) is 11.0. The van der Waals surface area contributed by atoms with Gasteiger partial charge in [-0.3, -0.25) is 9.59 Å². The first-order chi connectivity index (χ1) is 8.75. The molecule has 1 rings (SSSR count). The minimum Gasteiger partial charge on any atom is -0.468 e. The highest BCUT2D eigenvalue weighted by atomic mass is 19.4. The molecule has 1 fully saturated rings. The second kappa shape index (κ2) is 6.25. The third-order valence-corrected chi connectivity index (χ3v) is 3.51. The quantitative estimate of drug-likeness (QED) is 0.743. The summed E-state index contributed by atoms with van der Waals surface area (Å²) in [6.07, 6.45) is -3.78. The van der Waals surface area contributed by atoms with Gasteiger partial charge in [0, 0.05) is 13.0 Å². The Hall–Kier alpha value is -1.27. The van der Waals surface area contributed by atoms with E-state index in [1.54, 1.807) is 0 Å². The summed E-state index contributed by atoms with van der Waals surface area (Å²) in [6, 6.07) is 0. The fourth-order valence-corrected chi connectivity index (χ4v) is 2.32. The number of ether oxygens (including phenoxy) is 1. The van der Waals surface area contributed by atoms with Crippen LogP contribution in [-0.2, 0) is 14.3 Å². The van der Waals surface area contributed by atoms with Gasteiger partial charge in [-0.05, 0) is 25.7 Å². The van der Waals surface area contributed by atoms with Gasteiger partial charge in [0.2, 0.25) is 5.91 Å². The number of methoxy groups -OCH3 is 1. The van der Waals surface area contributed by atoms with Gasteiger partial charge in [-0.2, -0.15) is 13.2 Å². The Morgan fingerprint density at radius 1 is 1.21 bits per heavy atom. The highest BCUT2D eigenvalue weighted by molar-refractivity contribution is 5.83. The topological polar surface area (TPSA) is 46.6 Å². The monoisotopic (exact) mass is 281 g/mol. The summed E-state index contributed by atoms with van der Waals surface area (Å²) in [6.45, 7) is -0.172. The molecule has 0 saturated heterocycles. The zero-order valence-corrected chi connectivity index (χ0v) is 11.0. The maximum absolute atomic E-state index is 12.5. The summed E-state index contributed by atoms with van der Waals surface area (Å²) in [5.41, 5.74) is 0. The second-order valence-electron chi connectivity index (χ2n) is 4.86. The maximum Gasteiger partial charge on any atom is 0.391 e. The van der Waals surface area contributed by atoms with E-state index in [0.29, 0.717) is 0 Å². The minimum absolute atomic E-state index is 0.0219. The van der Waals surface area contributed by atoms with Gasteiger partial charge in [0.1, 0.15) is 6.54 Å². The third-order valence-electron chi connectivity index (χ3n) is 3.51. The molecule has 1 aliphatic carbocycles. The van der Waals surface area contributed by atoms with Crippen LogP contribution in [0.2, 0.25) is 0 Å². The van der Waals surface area contributed by atoms with Gasteiger partial charge in [-0.1, -0.05) is 0 Å². The summed E-state index contributed by atoms with van der Waals surface area (Å²) in [5, 5.41) is 0. The lowest BCUT2D eigenvalue weighted by molar-refractivity contribution is -0.185. The van der Waals surface area contributed by atoms with Crippen molar-refractivity contribution in [3.8, 4) is 0 Å². The first kappa shape index (κ1) is 15.8. The first-order valence-electron chi connectivity index (χ1n) is 6.14. The van der Waals surface area contributed by atoms with Crippen LogP contribution in [0, 0.1) is 11.8 Å². The van der Waals surface area contributed by atoms with Gasteiger partial charge in [-0.15, -0.1) is 0 Å². The van der Waals surface area contributed by atoms with Gasteiger partial charge >= 0.3 is 12.1 Å². The van der Waals surface area contributed by atoms with Crippen molar-refractivity contribution < 1.29 is 27.5 Å². The Morgan fingerprint density at radius 2 is 1.74 bits per heavy atom. The number of nitrogens with zero attached hydrogens (tertiary/aromatic N) is 1. The molecule has 4 nitrogen and oxygen atoms in total. The average Bonchev–Trinajstić information content (AvgIpc) is 2.36. The van der Waals surface area contributed by atoms with E-state index in [2.05, 4.69) is 4.74 Å². The number of esters is 1. The van der Waals surface area contributed by atoms with Gasteiger partial charge in [0.15, 0.2) is 0 Å². The van der Waals surface area contributed by atoms with E-state index in [9.17, 15) is 22.8 Å². The fraction of sp³-hybridized carbons (Fsp3) is 0.833. The van der Waals surface area contributed by atoms with Crippen LogP contribution >= 0.6 is 0 Å². The molecule has 0 N–H and O–H groups in total. The number of likely N-dealkylation sites (N-methyl/N-ethyl adjacent to an activating group) is 1. The van der Waals surface area contributed by atoms with Crippen LogP contribution in [0.5, 0.6) is 0 Å². The molecule has 7 heteroatoms. The molecule has 1 saturated carbocycles. The molecule has 0 heterocycles. The SMILES string of the molecule is COC(=O)CN(C)C(=O)C1CCC(C(F)(F)F)CC1. The molecule has 0 atom stereocenters. The molecule has 19 heavy (non-hydrogen) atoms. The second-order valence-corrected chi connectivity index (χ2v) is 4.86. The lowest BCUT2D eigenvalue weighted by atomic mass is 9.81. The molecule has 110 valence electrons. The summed E-state index contributed by atoms with van der Waals surface area (Å²) >= 11 is 0. The number of hydrogen-bond donors (Lipinski definition) is 0. The zero-order chi connectivity index (χ0) is 14.6. The third kappa shape index (κ3) is 4.40. The first-order valence-corrected chi connectivity index (χ1v) is 6.14. The Balaban J connectivity index is 2.47. The number of carbonyl (C=O) groups is 2. The summed E-state index contributed by atoms with van der Waals surface area (Å²) in [7, 11) is 2.67. The van der Waals surface area contributed by atoms with E-state index in [1.807, 2.05) is 0 Å². The molecule has 1 amide bonds. The normalized spacial score (nSPS) is 23.8. The fourth-order valence-electron chi connectivity index (χ4n) is 2.32. The van der Waals surface area contributed by atoms with E-state index in [0.717, 1.165) is 0 Å². The summed E-state index contributed by atoms with van der Waals surface area (Å²) in [4.78, 5) is 24.2. The van der Waals surface area contributed by atoms with Gasteiger partial charge in [-0.25, -0.2) is 0 Å². The summed E-state index contributed by atoms with van der Waals surface area (Å²) in [5.74, 6) is -2.55. The highest BCUT2D eigenvalue weighted by Crippen LogP contribution is 2.39. The van der Waals surface area contributed by atoms with Gasteiger partial charge in [0.05, 0.1) is 13.0 Å². The molecule has 0 aliphatic heterocycles. The van der Waals surface area contributed by atoms with Crippen LogP contribution < -0.4 is 0 Å². The number of hydrogen-bond acceptors (Lipinski definition) is 3. The number of alkyl halides is 3. The number of rotatable bonds is 3. The lowest BCUT2D eigenvalue weighted by Crippen LogP contribution is -2.39. The van der Waals surface area contributed by atoms with Crippen LogP contribution in [0.4, 0.5) is 13.2 Å². The smallest absolute Gasteiger partial charge is 0.391 e. The molecule has 0 aromatic rings. The predicted molar refractivity (Wildman–Crippen MR) is 61.2 cm³/mol. The predicted octanol–water partition coefficient (Wildman–Crippen LogP) is 1.99. The van der Waals surface area contributed by atoms with Crippen LogP contribution in [-0.4, -0.2) is 43.7 Å². The van der Waals surface area contributed by atoms with E-state index < -0.39 is 24.0 Å². The van der Waals surface area contributed by atoms with Crippen molar-refractivity contribution in [3.05, 3.63) is 0 Å². The number of carbonyl (C=O) groups excluding carboxylic acids is 2. The molecule has 1 aliphatic rings. The van der Waals surface area contributed by atoms with E-state index >= 15 is 0 Å².